The van der Waals surface area contributed by atoms with Gasteiger partial charge in [-0.05, 0) is 0 Å². The van der Waals surface area contributed by atoms with Crippen molar-refractivity contribution in [2.24, 2.45) is 5.73 Å². The van der Waals surface area contributed by atoms with E-state index in [0.29, 0.717) is 0 Å². The minimum Gasteiger partial charge on any atom is -0.481 e. The van der Waals surface area contributed by atoms with Crippen LogP contribution in [0.4, 0.5) is 0 Å². The van der Waals surface area contributed by atoms with E-state index in [1.54, 1.807) is 0 Å². The highest BCUT2D eigenvalue weighted by Gasteiger charge is 2.15. The number of rotatable bonds is 5. The molecule has 74 valence electrons. The van der Waals surface area contributed by atoms with Crippen molar-refractivity contribution in [1.29, 1.82) is 0 Å². The van der Waals surface area contributed by atoms with Gasteiger partial charge in [-0.2, -0.15) is 0 Å². The summed E-state index contributed by atoms with van der Waals surface area (Å²) in [6, 6.07) is -1.32. The van der Waals surface area contributed by atoms with Gasteiger partial charge in [-0.25, -0.2) is 0 Å². The van der Waals surface area contributed by atoms with Gasteiger partial charge in [0.05, 0.1) is 0 Å². The molecule has 0 spiro atoms. The van der Waals surface area contributed by atoms with Crippen LogP contribution in [0.25, 0.3) is 0 Å². The van der Waals surface area contributed by atoms with Gasteiger partial charge < -0.3 is 20.7 Å². The van der Waals surface area contributed by atoms with E-state index < -0.39 is 37.0 Å². The van der Waals surface area contributed by atoms with Crippen LogP contribution in [-0.2, 0) is 19.1 Å². The van der Waals surface area contributed by atoms with E-state index in [9.17, 15) is 14.4 Å². The van der Waals surface area contributed by atoms with Gasteiger partial charge >= 0.3 is 17.9 Å². The van der Waals surface area contributed by atoms with Gasteiger partial charge in [0.25, 0.3) is 0 Å². The Kier molecular flexibility index (Phi) is 4.45. The SMILES string of the molecule is N[C@@H](COC(=O)CC(=O)O)C(=O)O. The third-order valence-electron chi connectivity index (χ3n) is 1.04. The quantitative estimate of drug-likeness (QED) is 0.353. The highest BCUT2D eigenvalue weighted by atomic mass is 16.5. The molecule has 0 aliphatic rings. The first-order valence-corrected chi connectivity index (χ1v) is 3.29. The Balaban J connectivity index is 3.70. The normalized spacial score (nSPS) is 11.8. The van der Waals surface area contributed by atoms with Gasteiger partial charge in [-0.15, -0.1) is 0 Å². The maximum Gasteiger partial charge on any atom is 0.324 e. The van der Waals surface area contributed by atoms with Crippen LogP contribution in [0.15, 0.2) is 0 Å². The monoisotopic (exact) mass is 191 g/mol. The van der Waals surface area contributed by atoms with Crippen LogP contribution in [-0.4, -0.2) is 40.8 Å². The number of carbonyl (C=O) groups excluding carboxylic acids is 1. The van der Waals surface area contributed by atoms with Gasteiger partial charge in [0.1, 0.15) is 19.1 Å². The number of hydrogen-bond acceptors (Lipinski definition) is 5. The molecule has 0 aliphatic carbocycles. The minimum atomic E-state index is -1.34. The Morgan fingerprint density at radius 2 is 1.85 bits per heavy atom. The number of carbonyl (C=O) groups is 3. The van der Waals surface area contributed by atoms with Gasteiger partial charge in [0.2, 0.25) is 0 Å². The fraction of sp³-hybridized carbons (Fsp3) is 0.500. The van der Waals surface area contributed by atoms with E-state index in [1.807, 2.05) is 0 Å². The zero-order chi connectivity index (χ0) is 10.4. The molecule has 4 N–H and O–H groups in total. The highest BCUT2D eigenvalue weighted by molar-refractivity contribution is 5.90. The Labute approximate surface area is 73.1 Å². The molecule has 0 aliphatic heterocycles. The lowest BCUT2D eigenvalue weighted by atomic mass is 10.3. The number of ether oxygens (including phenoxy) is 1. The molecule has 0 amide bonds. The molecule has 7 heteroatoms. The van der Waals surface area contributed by atoms with E-state index in [4.69, 9.17) is 15.9 Å². The fourth-order valence-electron chi connectivity index (χ4n) is 0.429. The highest BCUT2D eigenvalue weighted by Crippen LogP contribution is 1.88. The van der Waals surface area contributed by atoms with Crippen LogP contribution >= 0.6 is 0 Å². The van der Waals surface area contributed by atoms with Crippen molar-refractivity contribution in [3.63, 3.8) is 0 Å². The third-order valence-corrected chi connectivity index (χ3v) is 1.04. The lowest BCUT2D eigenvalue weighted by molar-refractivity contribution is -0.152. The molecule has 0 heterocycles. The van der Waals surface area contributed by atoms with Crippen molar-refractivity contribution in [1.82, 2.24) is 0 Å². The lowest BCUT2D eigenvalue weighted by Gasteiger charge is -2.06. The number of carboxylic acids is 2. The van der Waals surface area contributed by atoms with Crippen LogP contribution in [0.5, 0.6) is 0 Å². The van der Waals surface area contributed by atoms with Crippen LogP contribution in [0.3, 0.4) is 0 Å². The largest absolute Gasteiger partial charge is 0.481 e. The molecule has 7 nitrogen and oxygen atoms in total. The molecule has 0 saturated carbocycles. The first kappa shape index (κ1) is 11.4. The third kappa shape index (κ3) is 5.62. The van der Waals surface area contributed by atoms with E-state index in [-0.39, 0.29) is 0 Å². The van der Waals surface area contributed by atoms with Gasteiger partial charge in [0.15, 0.2) is 0 Å². The number of hydrogen-bond donors (Lipinski definition) is 3. The average molecular weight is 191 g/mol. The maximum absolute atomic E-state index is 10.5. The first-order chi connectivity index (χ1) is 5.93. The summed E-state index contributed by atoms with van der Waals surface area (Å²) in [5.74, 6) is -3.67. The zero-order valence-corrected chi connectivity index (χ0v) is 6.60. The maximum atomic E-state index is 10.5. The molecule has 0 unspecified atom stereocenters. The van der Waals surface area contributed by atoms with E-state index in [2.05, 4.69) is 4.74 Å². The van der Waals surface area contributed by atoms with Crippen molar-refractivity contribution in [2.45, 2.75) is 12.5 Å². The van der Waals surface area contributed by atoms with E-state index in [0.717, 1.165) is 0 Å². The number of esters is 1. The summed E-state index contributed by atoms with van der Waals surface area (Å²) in [7, 11) is 0. The summed E-state index contributed by atoms with van der Waals surface area (Å²) >= 11 is 0. The second kappa shape index (κ2) is 5.09. The molecule has 0 radical (unpaired) electrons. The summed E-state index contributed by atoms with van der Waals surface area (Å²) in [4.78, 5) is 30.6. The van der Waals surface area contributed by atoms with Crippen LogP contribution in [0, 0.1) is 0 Å². The number of nitrogens with two attached hydrogens (primary N) is 1. The summed E-state index contributed by atoms with van der Waals surface area (Å²) in [5.41, 5.74) is 4.97. The summed E-state index contributed by atoms with van der Waals surface area (Å²) in [5, 5.41) is 16.4. The number of carboxylic acid groups (broad SMARTS) is 2. The molecule has 0 saturated heterocycles. The second-order valence-corrected chi connectivity index (χ2v) is 2.20. The van der Waals surface area contributed by atoms with Crippen LogP contribution in [0.1, 0.15) is 6.42 Å². The Bertz CT molecular complexity index is 225. The Morgan fingerprint density at radius 1 is 1.31 bits per heavy atom. The van der Waals surface area contributed by atoms with Crippen LogP contribution in [0.2, 0.25) is 0 Å². The molecular weight excluding hydrogens is 182 g/mol. The minimum absolute atomic E-state index is 0.526. The van der Waals surface area contributed by atoms with Crippen molar-refractivity contribution in [3.8, 4) is 0 Å². The van der Waals surface area contributed by atoms with E-state index in [1.165, 1.54) is 0 Å². The molecule has 1 atom stereocenters. The molecule has 0 aromatic carbocycles. The van der Waals surface area contributed by atoms with Crippen molar-refractivity contribution >= 4 is 17.9 Å². The molecule has 13 heavy (non-hydrogen) atoms. The average Bonchev–Trinajstić information content (AvgIpc) is 1.98. The topological polar surface area (TPSA) is 127 Å². The van der Waals surface area contributed by atoms with Crippen LogP contribution < -0.4 is 5.73 Å². The smallest absolute Gasteiger partial charge is 0.324 e. The summed E-state index contributed by atoms with van der Waals surface area (Å²) < 4.78 is 4.25. The predicted octanol–water partition coefficient (Wildman–Crippen LogP) is -1.58. The standard InChI is InChI=1S/C6H9NO6/c7-3(6(11)12)2-13-5(10)1-4(8)9/h3H,1-2,7H2,(H,8,9)(H,11,12)/t3-/m0/s1. The van der Waals surface area contributed by atoms with Gasteiger partial charge in [-0.3, -0.25) is 14.4 Å². The van der Waals surface area contributed by atoms with Gasteiger partial charge in [0, 0.05) is 0 Å². The van der Waals surface area contributed by atoms with Crippen molar-refractivity contribution < 1.29 is 29.3 Å². The predicted molar refractivity (Wildman–Crippen MR) is 38.8 cm³/mol. The summed E-state index contributed by atoms with van der Waals surface area (Å²) in [6.07, 6.45) is -0.799. The lowest BCUT2D eigenvalue weighted by Crippen LogP contribution is -2.35. The molecule has 0 fully saturated rings. The Morgan fingerprint density at radius 3 is 2.23 bits per heavy atom. The Hall–Kier alpha value is -1.63. The second-order valence-electron chi connectivity index (χ2n) is 2.20. The molecule has 0 bridgehead atoms. The molecule has 0 aromatic rings. The zero-order valence-electron chi connectivity index (χ0n) is 6.60. The van der Waals surface area contributed by atoms with E-state index >= 15 is 0 Å². The van der Waals surface area contributed by atoms with Crippen molar-refractivity contribution in [2.75, 3.05) is 6.61 Å². The summed E-state index contributed by atoms with van der Waals surface area (Å²) in [6.45, 7) is -0.526. The molecule has 0 aromatic heterocycles. The van der Waals surface area contributed by atoms with Crippen molar-refractivity contribution in [3.05, 3.63) is 0 Å². The molecule has 0 rings (SSSR count). The number of aliphatic carboxylic acids is 2. The molecular formula is C6H9NO6. The fourth-order valence-corrected chi connectivity index (χ4v) is 0.429. The van der Waals surface area contributed by atoms with Gasteiger partial charge in [-0.1, -0.05) is 0 Å². The first-order valence-electron chi connectivity index (χ1n) is 3.29.